The first-order valence-electron chi connectivity index (χ1n) is 10.0. The summed E-state index contributed by atoms with van der Waals surface area (Å²) in [4.78, 5) is 17.3. The fraction of sp³-hybridized carbons (Fsp3) is 0.0769. The Morgan fingerprint density at radius 2 is 1.53 bits per heavy atom. The van der Waals surface area contributed by atoms with E-state index in [2.05, 4.69) is 58.4 Å². The molecule has 5 rings (SSSR count). The van der Waals surface area contributed by atoms with E-state index in [1.165, 1.54) is 16.3 Å². The average molecular weight is 391 g/mol. The van der Waals surface area contributed by atoms with Crippen molar-refractivity contribution in [2.45, 2.75) is 13.1 Å². The van der Waals surface area contributed by atoms with Gasteiger partial charge in [0.05, 0.1) is 24.1 Å². The van der Waals surface area contributed by atoms with Crippen LogP contribution >= 0.6 is 0 Å². The second-order valence-electron chi connectivity index (χ2n) is 7.29. The number of carbonyl (C=O) groups is 1. The van der Waals surface area contributed by atoms with Gasteiger partial charge in [-0.15, -0.1) is 0 Å². The molecule has 1 aromatic heterocycles. The van der Waals surface area contributed by atoms with Crippen LogP contribution in [0.3, 0.4) is 0 Å². The van der Waals surface area contributed by atoms with Gasteiger partial charge >= 0.3 is 0 Å². The van der Waals surface area contributed by atoms with E-state index >= 15 is 0 Å². The molecule has 0 radical (unpaired) electrons. The highest BCUT2D eigenvalue weighted by Crippen LogP contribution is 2.23. The topological polar surface area (TPSA) is 46.9 Å². The Morgan fingerprint density at radius 3 is 2.43 bits per heavy atom. The van der Waals surface area contributed by atoms with E-state index in [4.69, 9.17) is 4.98 Å². The molecule has 0 saturated heterocycles. The van der Waals surface area contributed by atoms with Gasteiger partial charge in [0.2, 0.25) is 0 Å². The summed E-state index contributed by atoms with van der Waals surface area (Å²) in [6.07, 6.45) is 0. The van der Waals surface area contributed by atoms with Gasteiger partial charge in [0.25, 0.3) is 5.91 Å². The van der Waals surface area contributed by atoms with Crippen LogP contribution in [-0.2, 0) is 13.1 Å². The number of imidazole rings is 1. The molecular weight excluding hydrogens is 370 g/mol. The highest BCUT2D eigenvalue weighted by atomic mass is 16.1. The molecule has 0 aliphatic carbocycles. The van der Waals surface area contributed by atoms with E-state index in [0.717, 1.165) is 16.9 Å². The number of hydrogen-bond acceptors (Lipinski definition) is 2. The third-order valence-corrected chi connectivity index (χ3v) is 5.39. The second kappa shape index (κ2) is 7.84. The summed E-state index contributed by atoms with van der Waals surface area (Å²) in [7, 11) is 0. The van der Waals surface area contributed by atoms with Gasteiger partial charge in [-0.1, -0.05) is 72.8 Å². The largest absolute Gasteiger partial charge is 0.345 e. The molecule has 5 aromatic rings. The van der Waals surface area contributed by atoms with Gasteiger partial charge in [-0.05, 0) is 40.6 Å². The van der Waals surface area contributed by atoms with Crippen LogP contribution < -0.4 is 5.32 Å². The lowest BCUT2D eigenvalue weighted by molar-refractivity contribution is 0.0949. The molecule has 0 spiro atoms. The molecule has 0 aliphatic heterocycles. The zero-order valence-electron chi connectivity index (χ0n) is 16.5. The lowest BCUT2D eigenvalue weighted by atomic mass is 10.0. The van der Waals surface area contributed by atoms with Gasteiger partial charge in [-0.2, -0.15) is 0 Å². The Labute approximate surface area is 174 Å². The zero-order valence-corrected chi connectivity index (χ0v) is 16.5. The van der Waals surface area contributed by atoms with Crippen LogP contribution in [0.4, 0.5) is 0 Å². The third-order valence-electron chi connectivity index (χ3n) is 5.39. The number of nitrogens with zero attached hydrogens (tertiary/aromatic N) is 2. The quantitative estimate of drug-likeness (QED) is 0.449. The summed E-state index contributed by atoms with van der Waals surface area (Å²) in [5.74, 6) is 0.743. The maximum absolute atomic E-state index is 12.5. The molecule has 4 aromatic carbocycles. The van der Waals surface area contributed by atoms with E-state index in [1.807, 2.05) is 48.5 Å². The van der Waals surface area contributed by atoms with E-state index in [0.29, 0.717) is 18.7 Å². The number of nitrogens with one attached hydrogen (secondary N) is 1. The van der Waals surface area contributed by atoms with Crippen molar-refractivity contribution < 1.29 is 4.79 Å². The Hall–Kier alpha value is -3.92. The first-order valence-corrected chi connectivity index (χ1v) is 10.0. The highest BCUT2D eigenvalue weighted by Gasteiger charge is 2.13. The Balaban J connectivity index is 1.50. The molecule has 0 bridgehead atoms. The lowest BCUT2D eigenvalue weighted by Gasteiger charge is -2.12. The van der Waals surface area contributed by atoms with E-state index in [9.17, 15) is 4.79 Å². The summed E-state index contributed by atoms with van der Waals surface area (Å²) in [6.45, 7) is 1.06. The molecule has 0 fully saturated rings. The Bertz CT molecular complexity index is 1330. The maximum atomic E-state index is 12.5. The van der Waals surface area contributed by atoms with Crippen molar-refractivity contribution in [3.05, 3.63) is 114 Å². The molecule has 1 N–H and O–H groups in total. The molecule has 0 aliphatic rings. The van der Waals surface area contributed by atoms with Crippen molar-refractivity contribution in [2.24, 2.45) is 0 Å². The summed E-state index contributed by atoms with van der Waals surface area (Å²) in [5, 5.41) is 5.47. The van der Waals surface area contributed by atoms with E-state index in [1.54, 1.807) is 0 Å². The van der Waals surface area contributed by atoms with Gasteiger partial charge in [0, 0.05) is 5.56 Å². The van der Waals surface area contributed by atoms with Crippen LogP contribution in [0.2, 0.25) is 0 Å². The molecule has 30 heavy (non-hydrogen) atoms. The van der Waals surface area contributed by atoms with Crippen LogP contribution in [0.15, 0.2) is 97.1 Å². The molecule has 1 heterocycles. The summed E-state index contributed by atoms with van der Waals surface area (Å²) < 4.78 is 2.20. The monoisotopic (exact) mass is 391 g/mol. The summed E-state index contributed by atoms with van der Waals surface area (Å²) in [6, 6.07) is 32.2. The third kappa shape index (κ3) is 3.44. The fourth-order valence-corrected chi connectivity index (χ4v) is 3.89. The Kier molecular flexibility index (Phi) is 4.74. The van der Waals surface area contributed by atoms with Gasteiger partial charge in [-0.25, -0.2) is 4.98 Å². The summed E-state index contributed by atoms with van der Waals surface area (Å²) in [5.41, 5.74) is 3.87. The minimum absolute atomic E-state index is 0.0978. The molecule has 146 valence electrons. The molecule has 4 heteroatoms. The average Bonchev–Trinajstić information content (AvgIpc) is 3.15. The van der Waals surface area contributed by atoms with Crippen LogP contribution in [0, 0.1) is 0 Å². The molecule has 0 atom stereocenters. The number of benzene rings is 4. The normalized spacial score (nSPS) is 11.1. The van der Waals surface area contributed by atoms with Gasteiger partial charge < -0.3 is 9.88 Å². The highest BCUT2D eigenvalue weighted by molar-refractivity contribution is 5.94. The fourth-order valence-electron chi connectivity index (χ4n) is 3.89. The van der Waals surface area contributed by atoms with Gasteiger partial charge in [0.15, 0.2) is 0 Å². The number of aromatic nitrogens is 2. The van der Waals surface area contributed by atoms with Crippen molar-refractivity contribution in [3.63, 3.8) is 0 Å². The van der Waals surface area contributed by atoms with Crippen molar-refractivity contribution in [1.29, 1.82) is 0 Å². The zero-order chi connectivity index (χ0) is 20.3. The summed E-state index contributed by atoms with van der Waals surface area (Å²) >= 11 is 0. The lowest BCUT2D eigenvalue weighted by Crippen LogP contribution is -2.24. The predicted molar refractivity (Wildman–Crippen MR) is 120 cm³/mol. The second-order valence-corrected chi connectivity index (χ2v) is 7.29. The van der Waals surface area contributed by atoms with Crippen LogP contribution in [0.25, 0.3) is 21.8 Å². The molecule has 1 amide bonds. The number of carbonyl (C=O) groups excluding carboxylic acids is 1. The Morgan fingerprint density at radius 1 is 0.800 bits per heavy atom. The van der Waals surface area contributed by atoms with Crippen LogP contribution in [0.1, 0.15) is 21.7 Å². The van der Waals surface area contributed by atoms with Gasteiger partial charge in [-0.3, -0.25) is 4.79 Å². The standard InChI is InChI=1S/C26H21N3O/c30-26(20-10-2-1-3-11-20)27-17-25-28-23-15-6-7-16-24(23)29(25)18-21-13-8-12-19-9-4-5-14-22(19)21/h1-16H,17-18H2,(H,27,30). The maximum Gasteiger partial charge on any atom is 0.251 e. The number of hydrogen-bond donors (Lipinski definition) is 1. The number of rotatable bonds is 5. The molecule has 0 unspecified atom stereocenters. The number of amides is 1. The van der Waals surface area contributed by atoms with Crippen molar-refractivity contribution in [3.8, 4) is 0 Å². The smallest absolute Gasteiger partial charge is 0.251 e. The minimum Gasteiger partial charge on any atom is -0.345 e. The number of fused-ring (bicyclic) bond motifs is 2. The van der Waals surface area contributed by atoms with Gasteiger partial charge in [0.1, 0.15) is 5.82 Å². The first kappa shape index (κ1) is 18.1. The molecular formula is C26H21N3O. The number of para-hydroxylation sites is 2. The van der Waals surface area contributed by atoms with Crippen LogP contribution in [-0.4, -0.2) is 15.5 Å². The van der Waals surface area contributed by atoms with Crippen molar-refractivity contribution >= 4 is 27.7 Å². The van der Waals surface area contributed by atoms with E-state index < -0.39 is 0 Å². The first-order chi connectivity index (χ1) is 14.8. The predicted octanol–water partition coefficient (Wildman–Crippen LogP) is 5.17. The van der Waals surface area contributed by atoms with E-state index in [-0.39, 0.29) is 5.91 Å². The minimum atomic E-state index is -0.0978. The SMILES string of the molecule is O=C(NCc1nc2ccccc2n1Cc1cccc2ccccc12)c1ccccc1. The van der Waals surface area contributed by atoms with Crippen LogP contribution in [0.5, 0.6) is 0 Å². The van der Waals surface area contributed by atoms with Crippen molar-refractivity contribution in [1.82, 2.24) is 14.9 Å². The molecule has 0 saturated carbocycles. The van der Waals surface area contributed by atoms with Crippen molar-refractivity contribution in [2.75, 3.05) is 0 Å². The molecule has 4 nitrogen and oxygen atoms in total.